The van der Waals surface area contributed by atoms with E-state index < -0.39 is 0 Å². The van der Waals surface area contributed by atoms with Crippen molar-refractivity contribution in [3.8, 4) is 5.75 Å². The Kier molecular flexibility index (Phi) is 3.90. The van der Waals surface area contributed by atoms with Crippen LogP contribution in [0.5, 0.6) is 5.75 Å². The van der Waals surface area contributed by atoms with E-state index in [4.69, 9.17) is 4.74 Å². The van der Waals surface area contributed by atoms with Crippen molar-refractivity contribution in [1.29, 1.82) is 0 Å². The number of rotatable bonds is 5. The van der Waals surface area contributed by atoms with E-state index in [1.165, 1.54) is 0 Å². The van der Waals surface area contributed by atoms with Gasteiger partial charge in [0.25, 0.3) is 5.91 Å². The predicted molar refractivity (Wildman–Crippen MR) is 71.8 cm³/mol. The Morgan fingerprint density at radius 1 is 1.44 bits per heavy atom. The molecule has 0 spiro atoms. The van der Waals surface area contributed by atoms with E-state index in [1.807, 2.05) is 39.0 Å². The summed E-state index contributed by atoms with van der Waals surface area (Å²) in [4.78, 5) is 12.0. The quantitative estimate of drug-likeness (QED) is 0.868. The maximum absolute atomic E-state index is 12.0. The highest BCUT2D eigenvalue weighted by Gasteiger charge is 2.27. The van der Waals surface area contributed by atoms with Gasteiger partial charge in [0, 0.05) is 6.04 Å². The van der Waals surface area contributed by atoms with Crippen LogP contribution in [0.4, 0.5) is 0 Å². The van der Waals surface area contributed by atoms with Crippen molar-refractivity contribution >= 4 is 5.91 Å². The van der Waals surface area contributed by atoms with E-state index >= 15 is 0 Å². The monoisotopic (exact) mass is 247 g/mol. The van der Waals surface area contributed by atoms with Gasteiger partial charge in [-0.15, -0.1) is 0 Å². The molecule has 1 fully saturated rings. The molecule has 1 aliphatic rings. The third-order valence-corrected chi connectivity index (χ3v) is 3.20. The normalized spacial score (nSPS) is 16.2. The van der Waals surface area contributed by atoms with Crippen molar-refractivity contribution in [3.63, 3.8) is 0 Å². The molecule has 0 heterocycles. The molecule has 98 valence electrons. The molecule has 0 radical (unpaired) electrons. The van der Waals surface area contributed by atoms with E-state index in [0.29, 0.717) is 12.5 Å². The molecule has 1 N–H and O–H groups in total. The summed E-state index contributed by atoms with van der Waals surface area (Å²) in [5, 5.41) is 3.00. The first-order valence-electron chi connectivity index (χ1n) is 6.64. The van der Waals surface area contributed by atoms with Gasteiger partial charge in [-0.25, -0.2) is 0 Å². The summed E-state index contributed by atoms with van der Waals surface area (Å²) in [7, 11) is 0. The minimum Gasteiger partial charge on any atom is -0.480 e. The number of aryl methyl sites for hydroxylation is 2. The van der Waals surface area contributed by atoms with Gasteiger partial charge >= 0.3 is 0 Å². The van der Waals surface area contributed by atoms with Crippen molar-refractivity contribution in [1.82, 2.24) is 5.32 Å². The molecule has 0 aromatic heterocycles. The summed E-state index contributed by atoms with van der Waals surface area (Å²) in [6, 6.07) is 6.44. The molecule has 2 rings (SSSR count). The molecule has 1 saturated carbocycles. The number of hydrogen-bond donors (Lipinski definition) is 1. The predicted octanol–water partition coefficient (Wildman–Crippen LogP) is 2.74. The standard InChI is InChI=1S/C15H21NO2/c1-4-13(15(17)16-12-7-8-12)18-14-9-10(2)5-6-11(14)3/h5-6,9,12-13H,4,7-8H2,1-3H3,(H,16,17). The highest BCUT2D eigenvalue weighted by molar-refractivity contribution is 5.81. The molecule has 1 aromatic rings. The van der Waals surface area contributed by atoms with Crippen LogP contribution in [0, 0.1) is 13.8 Å². The molecule has 1 atom stereocenters. The third-order valence-electron chi connectivity index (χ3n) is 3.20. The zero-order valence-electron chi connectivity index (χ0n) is 11.3. The topological polar surface area (TPSA) is 38.3 Å². The second-order valence-corrected chi connectivity index (χ2v) is 5.07. The van der Waals surface area contributed by atoms with Crippen LogP contribution >= 0.6 is 0 Å². The van der Waals surface area contributed by atoms with Crippen molar-refractivity contribution in [2.75, 3.05) is 0 Å². The fourth-order valence-electron chi connectivity index (χ4n) is 1.83. The maximum atomic E-state index is 12.0. The molecule has 1 amide bonds. The number of carbonyl (C=O) groups excluding carboxylic acids is 1. The summed E-state index contributed by atoms with van der Waals surface area (Å²) in [5.41, 5.74) is 2.21. The number of benzene rings is 1. The smallest absolute Gasteiger partial charge is 0.261 e. The zero-order valence-corrected chi connectivity index (χ0v) is 11.3. The Hall–Kier alpha value is -1.51. The Bertz CT molecular complexity index is 438. The Balaban J connectivity index is 2.04. The van der Waals surface area contributed by atoms with Crippen molar-refractivity contribution in [2.24, 2.45) is 0 Å². The van der Waals surface area contributed by atoms with E-state index in [-0.39, 0.29) is 12.0 Å². The molecular formula is C15H21NO2. The first-order chi connectivity index (χ1) is 8.60. The Labute approximate surface area is 109 Å². The van der Waals surface area contributed by atoms with Gasteiger partial charge in [-0.05, 0) is 50.3 Å². The second kappa shape index (κ2) is 5.42. The summed E-state index contributed by atoms with van der Waals surface area (Å²) in [6.45, 7) is 6.00. The summed E-state index contributed by atoms with van der Waals surface area (Å²) < 4.78 is 5.85. The molecular weight excluding hydrogens is 226 g/mol. The summed E-state index contributed by atoms with van der Waals surface area (Å²) >= 11 is 0. The van der Waals surface area contributed by atoms with Gasteiger partial charge in [0.15, 0.2) is 6.10 Å². The maximum Gasteiger partial charge on any atom is 0.261 e. The fourth-order valence-corrected chi connectivity index (χ4v) is 1.83. The molecule has 0 saturated heterocycles. The lowest BCUT2D eigenvalue weighted by atomic mass is 10.1. The number of ether oxygens (including phenoxy) is 1. The van der Waals surface area contributed by atoms with Crippen molar-refractivity contribution in [2.45, 2.75) is 52.2 Å². The summed E-state index contributed by atoms with van der Waals surface area (Å²) in [5.74, 6) is 0.828. The molecule has 3 heteroatoms. The van der Waals surface area contributed by atoms with Crippen LogP contribution in [0.1, 0.15) is 37.3 Å². The lowest BCUT2D eigenvalue weighted by molar-refractivity contribution is -0.128. The van der Waals surface area contributed by atoms with Crippen molar-refractivity contribution in [3.05, 3.63) is 29.3 Å². The lowest BCUT2D eigenvalue weighted by Crippen LogP contribution is -2.39. The van der Waals surface area contributed by atoms with Crippen LogP contribution < -0.4 is 10.1 Å². The largest absolute Gasteiger partial charge is 0.480 e. The van der Waals surface area contributed by atoms with Crippen LogP contribution in [0.25, 0.3) is 0 Å². The average molecular weight is 247 g/mol. The second-order valence-electron chi connectivity index (χ2n) is 5.07. The van der Waals surface area contributed by atoms with Crippen LogP contribution in [-0.2, 0) is 4.79 Å². The first-order valence-corrected chi connectivity index (χ1v) is 6.64. The third kappa shape index (κ3) is 3.25. The van der Waals surface area contributed by atoms with Gasteiger partial charge in [-0.3, -0.25) is 4.79 Å². The number of amides is 1. The molecule has 1 aromatic carbocycles. The Morgan fingerprint density at radius 2 is 2.17 bits per heavy atom. The molecule has 18 heavy (non-hydrogen) atoms. The van der Waals surface area contributed by atoms with Gasteiger partial charge in [-0.2, -0.15) is 0 Å². The molecule has 0 bridgehead atoms. The Morgan fingerprint density at radius 3 is 2.78 bits per heavy atom. The van der Waals surface area contributed by atoms with Crippen LogP contribution in [0.3, 0.4) is 0 Å². The van der Waals surface area contributed by atoms with Gasteiger partial charge in [-0.1, -0.05) is 19.1 Å². The molecule has 1 unspecified atom stereocenters. The van der Waals surface area contributed by atoms with E-state index in [9.17, 15) is 4.79 Å². The van der Waals surface area contributed by atoms with Gasteiger partial charge in [0.2, 0.25) is 0 Å². The van der Waals surface area contributed by atoms with Gasteiger partial charge in [0.05, 0.1) is 0 Å². The highest BCUT2D eigenvalue weighted by atomic mass is 16.5. The zero-order chi connectivity index (χ0) is 13.1. The van der Waals surface area contributed by atoms with Gasteiger partial charge in [0.1, 0.15) is 5.75 Å². The molecule has 3 nitrogen and oxygen atoms in total. The van der Waals surface area contributed by atoms with Crippen LogP contribution in [0.2, 0.25) is 0 Å². The van der Waals surface area contributed by atoms with Crippen LogP contribution in [0.15, 0.2) is 18.2 Å². The van der Waals surface area contributed by atoms with E-state index in [1.54, 1.807) is 0 Å². The van der Waals surface area contributed by atoms with Gasteiger partial charge < -0.3 is 10.1 Å². The average Bonchev–Trinajstić information content (AvgIpc) is 3.14. The SMILES string of the molecule is CCC(Oc1cc(C)ccc1C)C(=O)NC1CC1. The number of nitrogens with one attached hydrogen (secondary N) is 1. The number of carbonyl (C=O) groups is 1. The first kappa shape index (κ1) is 12.9. The van der Waals surface area contributed by atoms with Crippen molar-refractivity contribution < 1.29 is 9.53 Å². The lowest BCUT2D eigenvalue weighted by Gasteiger charge is -2.18. The number of hydrogen-bond acceptors (Lipinski definition) is 2. The minimum atomic E-state index is -0.383. The van der Waals surface area contributed by atoms with Crippen LogP contribution in [-0.4, -0.2) is 18.1 Å². The fraction of sp³-hybridized carbons (Fsp3) is 0.533. The van der Waals surface area contributed by atoms with E-state index in [2.05, 4.69) is 5.32 Å². The molecule has 0 aliphatic heterocycles. The minimum absolute atomic E-state index is 0.0147. The highest BCUT2D eigenvalue weighted by Crippen LogP contribution is 2.23. The van der Waals surface area contributed by atoms with E-state index in [0.717, 1.165) is 29.7 Å². The molecule has 1 aliphatic carbocycles. The summed E-state index contributed by atoms with van der Waals surface area (Å²) in [6.07, 6.45) is 2.51.